The highest BCUT2D eigenvalue weighted by atomic mass is 79.9. The van der Waals surface area contributed by atoms with Crippen molar-refractivity contribution in [2.45, 2.75) is 39.0 Å². The van der Waals surface area contributed by atoms with E-state index in [1.54, 1.807) is 0 Å². The molecule has 0 bridgehead atoms. The molecule has 1 fully saturated rings. The van der Waals surface area contributed by atoms with Crippen LogP contribution in [0.4, 0.5) is 8.78 Å². The lowest BCUT2D eigenvalue weighted by Crippen LogP contribution is -2.42. The van der Waals surface area contributed by atoms with Crippen LogP contribution < -0.4 is 5.32 Å². The average Bonchev–Trinajstić information content (AvgIpc) is 2.35. The number of nitrogens with one attached hydrogen (secondary N) is 1. The maximum Gasteiger partial charge on any atom is 0.143 e. The molecule has 0 aliphatic heterocycles. The summed E-state index contributed by atoms with van der Waals surface area (Å²) in [6, 6.07) is 2.77. The topological polar surface area (TPSA) is 12.0 Å². The van der Waals surface area contributed by atoms with Gasteiger partial charge < -0.3 is 5.32 Å². The maximum absolute atomic E-state index is 14.0. The monoisotopic (exact) mass is 331 g/mol. The van der Waals surface area contributed by atoms with Crippen molar-refractivity contribution >= 4 is 15.9 Å². The van der Waals surface area contributed by atoms with Crippen molar-refractivity contribution in [3.63, 3.8) is 0 Å². The molecule has 4 heteroatoms. The fourth-order valence-corrected chi connectivity index (χ4v) is 3.10. The molecule has 1 nitrogen and oxygen atoms in total. The Balaban J connectivity index is 2.12. The van der Waals surface area contributed by atoms with Crippen LogP contribution in [-0.2, 0) is 6.42 Å². The molecule has 1 aromatic carbocycles. The van der Waals surface area contributed by atoms with E-state index in [1.165, 1.54) is 12.1 Å². The second-order valence-corrected chi connectivity index (χ2v) is 6.38. The van der Waals surface area contributed by atoms with Crippen LogP contribution in [0.25, 0.3) is 0 Å². The quantitative estimate of drug-likeness (QED) is 0.600. The van der Waals surface area contributed by atoms with E-state index in [4.69, 9.17) is 0 Å². The van der Waals surface area contributed by atoms with Crippen molar-refractivity contribution in [1.82, 2.24) is 5.32 Å². The minimum atomic E-state index is -0.443. The lowest BCUT2D eigenvalue weighted by Gasteiger charge is -2.42. The Hall–Kier alpha value is -0.480. The zero-order valence-electron chi connectivity index (χ0n) is 11.2. The Morgan fingerprint density at radius 3 is 2.63 bits per heavy atom. The molecule has 1 aromatic rings. The standard InChI is InChI=1S/C15H20BrF2N/c1-2-8-19-10-15(6-3-7-15)9-11-13(17)5-4-12(16)14(11)18/h4-5,19H,2-3,6-10H2,1H3. The third-order valence-corrected chi connectivity index (χ3v) is 4.64. The second-order valence-electron chi connectivity index (χ2n) is 5.53. The van der Waals surface area contributed by atoms with Crippen LogP contribution in [0.2, 0.25) is 0 Å². The minimum absolute atomic E-state index is 0.0393. The van der Waals surface area contributed by atoms with Gasteiger partial charge in [0.1, 0.15) is 11.6 Å². The normalized spacial score (nSPS) is 17.3. The molecule has 0 atom stereocenters. The maximum atomic E-state index is 14.0. The van der Waals surface area contributed by atoms with Gasteiger partial charge in [0.05, 0.1) is 4.47 Å². The third kappa shape index (κ3) is 3.34. The lowest BCUT2D eigenvalue weighted by atomic mass is 9.65. The molecule has 2 rings (SSSR count). The first-order valence-electron chi connectivity index (χ1n) is 6.91. The van der Waals surface area contributed by atoms with Gasteiger partial charge in [-0.2, -0.15) is 0 Å². The van der Waals surface area contributed by atoms with E-state index < -0.39 is 11.6 Å². The second kappa shape index (κ2) is 6.31. The van der Waals surface area contributed by atoms with Gasteiger partial charge in [0, 0.05) is 12.1 Å². The molecule has 1 saturated carbocycles. The van der Waals surface area contributed by atoms with Gasteiger partial charge in [-0.05, 0) is 65.7 Å². The fourth-order valence-electron chi connectivity index (χ4n) is 2.73. The van der Waals surface area contributed by atoms with E-state index in [1.807, 2.05) is 0 Å². The van der Waals surface area contributed by atoms with Crippen molar-refractivity contribution in [3.05, 3.63) is 33.8 Å². The predicted octanol–water partition coefficient (Wildman–Crippen LogP) is 4.44. The first kappa shape index (κ1) is 14.9. The molecule has 0 saturated heterocycles. The Kier molecular flexibility index (Phi) is 4.96. The molecule has 0 heterocycles. The van der Waals surface area contributed by atoms with Crippen LogP contribution in [-0.4, -0.2) is 13.1 Å². The number of hydrogen-bond donors (Lipinski definition) is 1. The number of rotatable bonds is 6. The van der Waals surface area contributed by atoms with Gasteiger partial charge in [-0.3, -0.25) is 0 Å². The summed E-state index contributed by atoms with van der Waals surface area (Å²) in [7, 11) is 0. The molecule has 1 aliphatic rings. The van der Waals surface area contributed by atoms with E-state index in [0.29, 0.717) is 10.9 Å². The summed E-state index contributed by atoms with van der Waals surface area (Å²) in [4.78, 5) is 0. The van der Waals surface area contributed by atoms with Crippen LogP contribution >= 0.6 is 15.9 Å². The number of hydrogen-bond acceptors (Lipinski definition) is 1. The van der Waals surface area contributed by atoms with E-state index in [2.05, 4.69) is 28.2 Å². The summed E-state index contributed by atoms with van der Waals surface area (Å²) in [5, 5.41) is 3.40. The minimum Gasteiger partial charge on any atom is -0.316 e. The molecule has 0 unspecified atom stereocenters. The van der Waals surface area contributed by atoms with Crippen LogP contribution in [0.5, 0.6) is 0 Å². The van der Waals surface area contributed by atoms with E-state index >= 15 is 0 Å². The highest BCUT2D eigenvalue weighted by Gasteiger charge is 2.38. The SMILES string of the molecule is CCCNCC1(Cc2c(F)ccc(Br)c2F)CCC1. The molecular formula is C15H20BrF2N. The lowest BCUT2D eigenvalue weighted by molar-refractivity contribution is 0.127. The van der Waals surface area contributed by atoms with Crippen molar-refractivity contribution in [2.75, 3.05) is 13.1 Å². The summed E-state index contributed by atoms with van der Waals surface area (Å²) in [5.41, 5.74) is 0.268. The molecule has 106 valence electrons. The van der Waals surface area contributed by atoms with Gasteiger partial charge in [0.15, 0.2) is 0 Å². The van der Waals surface area contributed by atoms with Gasteiger partial charge in [-0.15, -0.1) is 0 Å². The highest BCUT2D eigenvalue weighted by Crippen LogP contribution is 2.44. The average molecular weight is 332 g/mol. The highest BCUT2D eigenvalue weighted by molar-refractivity contribution is 9.10. The van der Waals surface area contributed by atoms with Crippen molar-refractivity contribution in [2.24, 2.45) is 5.41 Å². The van der Waals surface area contributed by atoms with Gasteiger partial charge in [-0.25, -0.2) is 8.78 Å². The first-order chi connectivity index (χ1) is 9.08. The van der Waals surface area contributed by atoms with Crippen molar-refractivity contribution in [3.8, 4) is 0 Å². The Labute approximate surface area is 121 Å². The van der Waals surface area contributed by atoms with Crippen LogP contribution in [0.15, 0.2) is 16.6 Å². The summed E-state index contributed by atoms with van der Waals surface area (Å²) in [5.74, 6) is -0.871. The molecule has 1 N–H and O–H groups in total. The summed E-state index contributed by atoms with van der Waals surface area (Å²) >= 11 is 3.13. The summed E-state index contributed by atoms with van der Waals surface area (Å²) in [6.07, 6.45) is 4.83. The molecule has 0 spiro atoms. The molecule has 0 radical (unpaired) electrons. The zero-order valence-corrected chi connectivity index (χ0v) is 12.8. The summed E-state index contributed by atoms with van der Waals surface area (Å²) in [6.45, 7) is 3.94. The summed E-state index contributed by atoms with van der Waals surface area (Å²) < 4.78 is 28.2. The molecule has 1 aliphatic carbocycles. The predicted molar refractivity (Wildman–Crippen MR) is 77.2 cm³/mol. The van der Waals surface area contributed by atoms with Crippen molar-refractivity contribution < 1.29 is 8.78 Å². The number of benzene rings is 1. The Morgan fingerprint density at radius 1 is 1.32 bits per heavy atom. The van der Waals surface area contributed by atoms with Gasteiger partial charge in [0.2, 0.25) is 0 Å². The van der Waals surface area contributed by atoms with Crippen LogP contribution in [0.3, 0.4) is 0 Å². The molecular weight excluding hydrogens is 312 g/mol. The smallest absolute Gasteiger partial charge is 0.143 e. The van der Waals surface area contributed by atoms with Crippen molar-refractivity contribution in [1.29, 1.82) is 0 Å². The molecule has 0 amide bonds. The largest absolute Gasteiger partial charge is 0.316 e. The van der Waals surface area contributed by atoms with E-state index in [-0.39, 0.29) is 11.0 Å². The van der Waals surface area contributed by atoms with Gasteiger partial charge in [0.25, 0.3) is 0 Å². The molecule has 19 heavy (non-hydrogen) atoms. The molecule has 0 aromatic heterocycles. The van der Waals surface area contributed by atoms with Gasteiger partial charge in [-0.1, -0.05) is 13.3 Å². The zero-order chi connectivity index (χ0) is 13.9. The van der Waals surface area contributed by atoms with E-state index in [9.17, 15) is 8.78 Å². The van der Waals surface area contributed by atoms with Crippen LogP contribution in [0, 0.1) is 17.0 Å². The Morgan fingerprint density at radius 2 is 2.05 bits per heavy atom. The van der Waals surface area contributed by atoms with E-state index in [0.717, 1.165) is 38.8 Å². The fraction of sp³-hybridized carbons (Fsp3) is 0.600. The number of halogens is 3. The van der Waals surface area contributed by atoms with Crippen LogP contribution in [0.1, 0.15) is 38.2 Å². The van der Waals surface area contributed by atoms with Gasteiger partial charge >= 0.3 is 0 Å². The first-order valence-corrected chi connectivity index (χ1v) is 7.70. The third-order valence-electron chi connectivity index (χ3n) is 4.03. The Bertz CT molecular complexity index is 444.